The Kier molecular flexibility index (Phi) is 6.60. The van der Waals surface area contributed by atoms with Gasteiger partial charge in [0.05, 0.1) is 4.90 Å². The molecular weight excluding hydrogens is 403 g/mol. The van der Waals surface area contributed by atoms with Crippen LogP contribution in [-0.4, -0.2) is 43.7 Å². The van der Waals surface area contributed by atoms with Gasteiger partial charge in [-0.2, -0.15) is 13.2 Å². The minimum atomic E-state index is -4.42. The average Bonchev–Trinajstić information content (AvgIpc) is 2.67. The van der Waals surface area contributed by atoms with Crippen molar-refractivity contribution in [3.8, 4) is 0 Å². The van der Waals surface area contributed by atoms with Crippen LogP contribution in [0.4, 0.5) is 13.2 Å². The highest BCUT2D eigenvalue weighted by Crippen LogP contribution is 2.27. The van der Waals surface area contributed by atoms with Gasteiger partial charge in [0.2, 0.25) is 0 Å². The fraction of sp³-hybridized carbons (Fsp3) is 0.450. The molecular formula is C20H24F3N3O2S. The summed E-state index contributed by atoms with van der Waals surface area (Å²) in [6.45, 7) is 2.69. The van der Waals surface area contributed by atoms with Crippen molar-refractivity contribution in [1.82, 2.24) is 15.2 Å². The summed E-state index contributed by atoms with van der Waals surface area (Å²) < 4.78 is 61.6. The summed E-state index contributed by atoms with van der Waals surface area (Å²) in [6, 6.07) is 9.76. The number of benzene rings is 1. The van der Waals surface area contributed by atoms with Gasteiger partial charge >= 0.3 is 6.18 Å². The van der Waals surface area contributed by atoms with Gasteiger partial charge in [-0.15, -0.1) is 0 Å². The van der Waals surface area contributed by atoms with E-state index in [2.05, 4.69) is 15.2 Å². The summed E-state index contributed by atoms with van der Waals surface area (Å²) >= 11 is 0. The third kappa shape index (κ3) is 6.01. The largest absolute Gasteiger partial charge is 0.433 e. The molecule has 1 N–H and O–H groups in total. The number of pyridine rings is 1. The topological polar surface area (TPSA) is 62.3 Å². The van der Waals surface area contributed by atoms with Gasteiger partial charge in [0, 0.05) is 31.6 Å². The molecule has 0 spiro atoms. The van der Waals surface area contributed by atoms with Gasteiger partial charge in [-0.25, -0.2) is 8.42 Å². The maximum atomic E-state index is 12.6. The molecule has 1 aromatic carbocycles. The van der Waals surface area contributed by atoms with Crippen molar-refractivity contribution in [2.75, 3.05) is 19.3 Å². The summed E-state index contributed by atoms with van der Waals surface area (Å²) in [5.74, 6) is 0. The summed E-state index contributed by atoms with van der Waals surface area (Å²) in [5.41, 5.74) is 0.628. The van der Waals surface area contributed by atoms with E-state index in [1.165, 1.54) is 18.5 Å². The first-order valence-corrected chi connectivity index (χ1v) is 11.3. The summed E-state index contributed by atoms with van der Waals surface area (Å²) in [5, 5.41) is 3.37. The second kappa shape index (κ2) is 8.81. The molecule has 0 aliphatic carbocycles. The number of piperidine rings is 1. The Morgan fingerprint density at radius 3 is 2.41 bits per heavy atom. The van der Waals surface area contributed by atoms with E-state index in [0.717, 1.165) is 37.6 Å². The SMILES string of the molecule is CS(=O)(=O)c1ccccc1CN1CCC(NCc2ccc(C(F)(F)F)nc2)CC1. The van der Waals surface area contributed by atoms with E-state index in [1.54, 1.807) is 12.1 Å². The Labute approximate surface area is 168 Å². The molecule has 158 valence electrons. The van der Waals surface area contributed by atoms with Crippen LogP contribution in [0.1, 0.15) is 29.7 Å². The standard InChI is InChI=1S/C20H24F3N3O2S/c1-29(27,28)18-5-3-2-4-16(18)14-26-10-8-17(9-11-26)24-12-15-6-7-19(25-13-15)20(21,22)23/h2-7,13,17,24H,8-12,14H2,1H3. The van der Waals surface area contributed by atoms with Gasteiger partial charge < -0.3 is 5.32 Å². The number of aromatic nitrogens is 1. The van der Waals surface area contributed by atoms with Crippen molar-refractivity contribution in [1.29, 1.82) is 0 Å². The van der Waals surface area contributed by atoms with Crippen LogP contribution in [0.3, 0.4) is 0 Å². The zero-order chi connectivity index (χ0) is 21.1. The molecule has 1 fully saturated rings. The fourth-order valence-corrected chi connectivity index (χ4v) is 4.43. The van der Waals surface area contributed by atoms with Crippen molar-refractivity contribution in [2.45, 2.75) is 43.0 Å². The van der Waals surface area contributed by atoms with E-state index in [0.29, 0.717) is 23.5 Å². The highest BCUT2D eigenvalue weighted by Gasteiger charge is 2.32. The molecule has 0 atom stereocenters. The maximum absolute atomic E-state index is 12.6. The van der Waals surface area contributed by atoms with E-state index in [4.69, 9.17) is 0 Å². The van der Waals surface area contributed by atoms with Crippen molar-refractivity contribution in [3.05, 3.63) is 59.4 Å². The lowest BCUT2D eigenvalue weighted by Gasteiger charge is -2.32. The van der Waals surface area contributed by atoms with Gasteiger partial charge in [0.25, 0.3) is 0 Å². The first-order chi connectivity index (χ1) is 13.6. The fourth-order valence-electron chi connectivity index (χ4n) is 3.49. The van der Waals surface area contributed by atoms with Crippen LogP contribution in [0, 0.1) is 0 Å². The lowest BCUT2D eigenvalue weighted by atomic mass is 10.0. The number of nitrogens with one attached hydrogen (secondary N) is 1. The number of rotatable bonds is 6. The number of sulfone groups is 1. The Balaban J connectivity index is 1.49. The van der Waals surface area contributed by atoms with Gasteiger partial charge in [-0.1, -0.05) is 24.3 Å². The molecule has 1 aliphatic rings. The molecule has 3 rings (SSSR count). The van der Waals surface area contributed by atoms with Crippen molar-refractivity contribution < 1.29 is 21.6 Å². The zero-order valence-electron chi connectivity index (χ0n) is 16.1. The van der Waals surface area contributed by atoms with Crippen LogP contribution in [0.15, 0.2) is 47.5 Å². The van der Waals surface area contributed by atoms with Gasteiger partial charge in [0.1, 0.15) is 5.69 Å². The second-order valence-corrected chi connectivity index (χ2v) is 9.34. The number of hydrogen-bond acceptors (Lipinski definition) is 5. The number of nitrogens with zero attached hydrogens (tertiary/aromatic N) is 2. The second-order valence-electron chi connectivity index (χ2n) is 7.36. The predicted octanol–water partition coefficient (Wildman–Crippen LogP) is 3.26. The molecule has 0 saturated carbocycles. The monoisotopic (exact) mass is 427 g/mol. The van der Waals surface area contributed by atoms with Crippen LogP contribution in [0.5, 0.6) is 0 Å². The molecule has 5 nitrogen and oxygen atoms in total. The normalized spacial score (nSPS) is 16.8. The average molecular weight is 427 g/mol. The lowest BCUT2D eigenvalue weighted by Crippen LogP contribution is -2.42. The molecule has 2 aromatic rings. The smallest absolute Gasteiger partial charge is 0.310 e. The van der Waals surface area contributed by atoms with Crippen LogP contribution in [-0.2, 0) is 29.1 Å². The summed E-state index contributed by atoms with van der Waals surface area (Å²) in [4.78, 5) is 6.07. The van der Waals surface area contributed by atoms with Crippen molar-refractivity contribution >= 4 is 9.84 Å². The Morgan fingerprint density at radius 1 is 1.14 bits per heavy atom. The molecule has 1 aliphatic heterocycles. The molecule has 0 amide bonds. The van der Waals surface area contributed by atoms with E-state index in [-0.39, 0.29) is 6.04 Å². The van der Waals surface area contributed by atoms with Gasteiger partial charge in [-0.05, 0) is 49.2 Å². The maximum Gasteiger partial charge on any atom is 0.433 e. The van der Waals surface area contributed by atoms with Crippen LogP contribution in [0.2, 0.25) is 0 Å². The highest BCUT2D eigenvalue weighted by atomic mass is 32.2. The first-order valence-electron chi connectivity index (χ1n) is 9.39. The van der Waals surface area contributed by atoms with Crippen molar-refractivity contribution in [2.24, 2.45) is 0 Å². The third-order valence-corrected chi connectivity index (χ3v) is 6.26. The van der Waals surface area contributed by atoms with Gasteiger partial charge in [0.15, 0.2) is 9.84 Å². The molecule has 1 saturated heterocycles. The van der Waals surface area contributed by atoms with Crippen LogP contribution in [0.25, 0.3) is 0 Å². The minimum Gasteiger partial charge on any atom is -0.310 e. The van der Waals surface area contributed by atoms with E-state index in [1.807, 2.05) is 12.1 Å². The lowest BCUT2D eigenvalue weighted by molar-refractivity contribution is -0.141. The van der Waals surface area contributed by atoms with E-state index < -0.39 is 21.7 Å². The summed E-state index contributed by atoms with van der Waals surface area (Å²) in [7, 11) is -3.26. The number of hydrogen-bond donors (Lipinski definition) is 1. The molecule has 0 radical (unpaired) electrons. The molecule has 29 heavy (non-hydrogen) atoms. The first kappa shape index (κ1) is 21.7. The molecule has 9 heteroatoms. The molecule has 1 aromatic heterocycles. The highest BCUT2D eigenvalue weighted by molar-refractivity contribution is 7.90. The Bertz CT molecular complexity index is 923. The number of likely N-dealkylation sites (tertiary alicyclic amines) is 1. The van der Waals surface area contributed by atoms with Gasteiger partial charge in [-0.3, -0.25) is 9.88 Å². The zero-order valence-corrected chi connectivity index (χ0v) is 16.9. The van der Waals surface area contributed by atoms with Crippen molar-refractivity contribution in [3.63, 3.8) is 0 Å². The van der Waals surface area contributed by atoms with Crippen LogP contribution >= 0.6 is 0 Å². The number of halogens is 3. The minimum absolute atomic E-state index is 0.263. The molecule has 0 bridgehead atoms. The third-order valence-electron chi connectivity index (χ3n) is 5.06. The Hall–Kier alpha value is -1.97. The van der Waals surface area contributed by atoms with Crippen LogP contribution < -0.4 is 5.32 Å². The van der Waals surface area contributed by atoms with E-state index >= 15 is 0 Å². The molecule has 0 unspecified atom stereocenters. The summed E-state index contributed by atoms with van der Waals surface area (Å²) in [6.07, 6.45) is -0.177. The Morgan fingerprint density at radius 2 is 1.83 bits per heavy atom. The predicted molar refractivity (Wildman–Crippen MR) is 104 cm³/mol. The quantitative estimate of drug-likeness (QED) is 0.767. The number of alkyl halides is 3. The molecule has 2 heterocycles. The van der Waals surface area contributed by atoms with E-state index in [9.17, 15) is 21.6 Å².